The SMILES string of the molecule is CC1(C)CCCC2(COC(c3ccccc3)OC2)C1. The standard InChI is InChI=1S/C17H24O2/c1-16(2)9-6-10-17(11-16)12-18-15(19-13-17)14-7-4-3-5-8-14/h3-5,7-8,15H,6,9-13H2,1-2H3. The summed E-state index contributed by atoms with van der Waals surface area (Å²) < 4.78 is 12.1. The number of hydrogen-bond acceptors (Lipinski definition) is 2. The van der Waals surface area contributed by atoms with Crippen molar-refractivity contribution in [3.63, 3.8) is 0 Å². The van der Waals surface area contributed by atoms with Crippen molar-refractivity contribution in [2.24, 2.45) is 10.8 Å². The Labute approximate surface area is 116 Å². The lowest BCUT2D eigenvalue weighted by atomic mass is 9.64. The second-order valence-electron chi connectivity index (χ2n) is 7.06. The Morgan fingerprint density at radius 1 is 1.00 bits per heavy atom. The fourth-order valence-electron chi connectivity index (χ4n) is 3.78. The van der Waals surface area contributed by atoms with E-state index in [1.165, 1.54) is 25.7 Å². The first kappa shape index (κ1) is 13.1. The molecule has 2 fully saturated rings. The lowest BCUT2D eigenvalue weighted by molar-refractivity contribution is -0.246. The van der Waals surface area contributed by atoms with Gasteiger partial charge < -0.3 is 9.47 Å². The van der Waals surface area contributed by atoms with E-state index in [9.17, 15) is 0 Å². The summed E-state index contributed by atoms with van der Waals surface area (Å²) in [6, 6.07) is 10.3. The Morgan fingerprint density at radius 3 is 2.32 bits per heavy atom. The predicted molar refractivity (Wildman–Crippen MR) is 75.8 cm³/mol. The summed E-state index contributed by atoms with van der Waals surface area (Å²) in [6.07, 6.45) is 4.93. The number of rotatable bonds is 1. The zero-order valence-corrected chi connectivity index (χ0v) is 12.0. The van der Waals surface area contributed by atoms with Crippen LogP contribution in [-0.2, 0) is 9.47 Å². The number of hydrogen-bond donors (Lipinski definition) is 0. The summed E-state index contributed by atoms with van der Waals surface area (Å²) in [7, 11) is 0. The maximum atomic E-state index is 6.03. The molecule has 0 unspecified atom stereocenters. The van der Waals surface area contributed by atoms with E-state index in [2.05, 4.69) is 26.0 Å². The second-order valence-corrected chi connectivity index (χ2v) is 7.06. The van der Waals surface area contributed by atoms with Gasteiger partial charge in [-0.05, 0) is 24.7 Å². The van der Waals surface area contributed by atoms with Gasteiger partial charge in [-0.2, -0.15) is 0 Å². The van der Waals surface area contributed by atoms with Crippen molar-refractivity contribution in [1.29, 1.82) is 0 Å². The smallest absolute Gasteiger partial charge is 0.183 e. The Balaban J connectivity index is 1.66. The third-order valence-electron chi connectivity index (χ3n) is 4.57. The normalized spacial score (nSPS) is 34.3. The summed E-state index contributed by atoms with van der Waals surface area (Å²) in [6.45, 7) is 6.43. The first-order chi connectivity index (χ1) is 9.09. The minimum Gasteiger partial charge on any atom is -0.348 e. The van der Waals surface area contributed by atoms with Crippen molar-refractivity contribution in [3.8, 4) is 0 Å². The molecule has 1 aromatic carbocycles. The molecule has 0 N–H and O–H groups in total. The topological polar surface area (TPSA) is 18.5 Å². The molecular weight excluding hydrogens is 236 g/mol. The Kier molecular flexibility index (Phi) is 3.40. The van der Waals surface area contributed by atoms with Gasteiger partial charge >= 0.3 is 0 Å². The van der Waals surface area contributed by atoms with Crippen molar-refractivity contribution in [2.75, 3.05) is 13.2 Å². The van der Waals surface area contributed by atoms with Crippen molar-refractivity contribution < 1.29 is 9.47 Å². The van der Waals surface area contributed by atoms with Gasteiger partial charge in [0, 0.05) is 11.0 Å². The van der Waals surface area contributed by atoms with Crippen LogP contribution in [0.4, 0.5) is 0 Å². The molecule has 1 saturated heterocycles. The molecule has 0 atom stereocenters. The summed E-state index contributed by atoms with van der Waals surface area (Å²) in [4.78, 5) is 0. The molecule has 1 heterocycles. The average molecular weight is 260 g/mol. The molecule has 1 spiro atoms. The van der Waals surface area contributed by atoms with Crippen molar-refractivity contribution in [3.05, 3.63) is 35.9 Å². The van der Waals surface area contributed by atoms with Gasteiger partial charge in [0.05, 0.1) is 13.2 Å². The van der Waals surface area contributed by atoms with E-state index in [0.29, 0.717) is 5.41 Å². The van der Waals surface area contributed by atoms with E-state index >= 15 is 0 Å². The third kappa shape index (κ3) is 2.85. The lowest BCUT2D eigenvalue weighted by Gasteiger charge is -2.48. The maximum Gasteiger partial charge on any atom is 0.183 e. The third-order valence-corrected chi connectivity index (χ3v) is 4.57. The molecule has 0 bridgehead atoms. The average Bonchev–Trinajstić information content (AvgIpc) is 2.39. The highest BCUT2D eigenvalue weighted by Gasteiger charge is 2.43. The molecule has 1 aliphatic carbocycles. The fourth-order valence-corrected chi connectivity index (χ4v) is 3.78. The zero-order chi connectivity index (χ0) is 13.3. The van der Waals surface area contributed by atoms with Gasteiger partial charge in [-0.25, -0.2) is 0 Å². The van der Waals surface area contributed by atoms with Crippen LogP contribution in [0.5, 0.6) is 0 Å². The van der Waals surface area contributed by atoms with Gasteiger partial charge in [0.2, 0.25) is 0 Å². The molecule has 2 nitrogen and oxygen atoms in total. The van der Waals surface area contributed by atoms with E-state index in [4.69, 9.17) is 9.47 Å². The first-order valence-electron chi connectivity index (χ1n) is 7.37. The van der Waals surface area contributed by atoms with Crippen LogP contribution < -0.4 is 0 Å². The van der Waals surface area contributed by atoms with Crippen LogP contribution in [0.1, 0.15) is 51.4 Å². The number of ether oxygens (including phenoxy) is 2. The molecule has 0 amide bonds. The molecule has 0 radical (unpaired) electrons. The van der Waals surface area contributed by atoms with E-state index in [0.717, 1.165) is 18.8 Å². The molecule has 0 aromatic heterocycles. The van der Waals surface area contributed by atoms with E-state index in [1.807, 2.05) is 18.2 Å². The molecule has 1 aromatic rings. The molecule has 1 saturated carbocycles. The van der Waals surface area contributed by atoms with Gasteiger partial charge in [0.1, 0.15) is 0 Å². The molecule has 2 heteroatoms. The lowest BCUT2D eigenvalue weighted by Crippen LogP contribution is -2.44. The summed E-state index contributed by atoms with van der Waals surface area (Å²) in [5.74, 6) is 0. The van der Waals surface area contributed by atoms with E-state index < -0.39 is 0 Å². The van der Waals surface area contributed by atoms with Crippen LogP contribution in [-0.4, -0.2) is 13.2 Å². The van der Waals surface area contributed by atoms with Crippen LogP contribution >= 0.6 is 0 Å². The van der Waals surface area contributed by atoms with Crippen LogP contribution in [0.3, 0.4) is 0 Å². The van der Waals surface area contributed by atoms with Gasteiger partial charge in [0.25, 0.3) is 0 Å². The van der Waals surface area contributed by atoms with Crippen LogP contribution in [0.15, 0.2) is 30.3 Å². The monoisotopic (exact) mass is 260 g/mol. The van der Waals surface area contributed by atoms with Crippen LogP contribution in [0.2, 0.25) is 0 Å². The van der Waals surface area contributed by atoms with Crippen molar-refractivity contribution in [2.45, 2.75) is 45.8 Å². The molecule has 3 rings (SSSR count). The van der Waals surface area contributed by atoms with Gasteiger partial charge in [-0.3, -0.25) is 0 Å². The fraction of sp³-hybridized carbons (Fsp3) is 0.647. The highest BCUT2D eigenvalue weighted by atomic mass is 16.7. The molecule has 104 valence electrons. The van der Waals surface area contributed by atoms with Gasteiger partial charge in [-0.1, -0.05) is 50.6 Å². The maximum absolute atomic E-state index is 6.03. The minimum atomic E-state index is -0.170. The van der Waals surface area contributed by atoms with E-state index in [-0.39, 0.29) is 11.7 Å². The first-order valence-corrected chi connectivity index (χ1v) is 7.37. The molecular formula is C17H24O2. The van der Waals surface area contributed by atoms with Gasteiger partial charge in [-0.15, -0.1) is 0 Å². The summed E-state index contributed by atoms with van der Waals surface area (Å²) >= 11 is 0. The Morgan fingerprint density at radius 2 is 1.68 bits per heavy atom. The van der Waals surface area contributed by atoms with E-state index in [1.54, 1.807) is 0 Å². The van der Waals surface area contributed by atoms with Crippen molar-refractivity contribution >= 4 is 0 Å². The zero-order valence-electron chi connectivity index (χ0n) is 12.0. The Bertz CT molecular complexity index is 416. The molecule has 1 aliphatic heterocycles. The molecule has 19 heavy (non-hydrogen) atoms. The van der Waals surface area contributed by atoms with Crippen LogP contribution in [0, 0.1) is 10.8 Å². The predicted octanol–water partition coefficient (Wildman–Crippen LogP) is 4.32. The molecule has 2 aliphatic rings. The minimum absolute atomic E-state index is 0.170. The highest BCUT2D eigenvalue weighted by molar-refractivity contribution is 5.16. The summed E-state index contributed by atoms with van der Waals surface area (Å²) in [5.41, 5.74) is 1.82. The second kappa shape index (κ2) is 4.92. The Hall–Kier alpha value is -0.860. The summed E-state index contributed by atoms with van der Waals surface area (Å²) in [5, 5.41) is 0. The van der Waals surface area contributed by atoms with Crippen LogP contribution in [0.25, 0.3) is 0 Å². The quantitative estimate of drug-likeness (QED) is 0.748. The number of benzene rings is 1. The largest absolute Gasteiger partial charge is 0.348 e. The van der Waals surface area contributed by atoms with Crippen molar-refractivity contribution in [1.82, 2.24) is 0 Å². The highest BCUT2D eigenvalue weighted by Crippen LogP contribution is 2.49. The van der Waals surface area contributed by atoms with Gasteiger partial charge in [0.15, 0.2) is 6.29 Å².